The van der Waals surface area contributed by atoms with Crippen LogP contribution >= 0.6 is 15.9 Å². The molecule has 1 heterocycles. The molecule has 1 fully saturated rings. The summed E-state index contributed by atoms with van der Waals surface area (Å²) in [6, 6.07) is 11.3. The molecule has 1 saturated heterocycles. The van der Waals surface area contributed by atoms with Gasteiger partial charge in [-0.1, -0.05) is 35.0 Å². The number of carbonyl (C=O) groups is 3. The molecule has 1 aliphatic rings. The van der Waals surface area contributed by atoms with E-state index in [0.717, 1.165) is 33.3 Å². The molecule has 0 aliphatic carbocycles. The first kappa shape index (κ1) is 22.0. The van der Waals surface area contributed by atoms with Crippen molar-refractivity contribution < 1.29 is 19.1 Å². The van der Waals surface area contributed by atoms with E-state index in [-0.39, 0.29) is 25.5 Å². The van der Waals surface area contributed by atoms with E-state index in [1.165, 1.54) is 0 Å². The SMILES string of the molecule is CCc1cc(Br)ccc1NC(=O)COC(=O)[C@@H]1CC(=O)N(c2cccc(C)c2C)C1. The van der Waals surface area contributed by atoms with E-state index >= 15 is 0 Å². The monoisotopic (exact) mass is 472 g/mol. The fourth-order valence-electron chi connectivity index (χ4n) is 3.54. The Morgan fingerprint density at radius 2 is 2.00 bits per heavy atom. The normalized spacial score (nSPS) is 15.9. The van der Waals surface area contributed by atoms with Gasteiger partial charge in [0, 0.05) is 28.8 Å². The number of esters is 1. The largest absolute Gasteiger partial charge is 0.455 e. The maximum atomic E-state index is 12.5. The maximum Gasteiger partial charge on any atom is 0.311 e. The molecule has 1 aliphatic heterocycles. The second kappa shape index (κ2) is 9.43. The van der Waals surface area contributed by atoms with Crippen molar-refractivity contribution in [1.82, 2.24) is 0 Å². The molecule has 0 radical (unpaired) electrons. The number of aryl methyl sites for hydroxylation is 2. The lowest BCUT2D eigenvalue weighted by molar-refractivity contribution is -0.151. The fraction of sp³-hybridized carbons (Fsp3) is 0.348. The Morgan fingerprint density at radius 3 is 2.73 bits per heavy atom. The maximum absolute atomic E-state index is 12.5. The number of halogens is 1. The zero-order valence-electron chi connectivity index (χ0n) is 17.3. The number of ether oxygens (including phenoxy) is 1. The Hall–Kier alpha value is -2.67. The lowest BCUT2D eigenvalue weighted by Gasteiger charge is -2.20. The Bertz CT molecular complexity index is 989. The smallest absolute Gasteiger partial charge is 0.311 e. The molecule has 2 amide bonds. The van der Waals surface area contributed by atoms with E-state index in [2.05, 4.69) is 21.2 Å². The number of rotatable bonds is 6. The molecule has 0 bridgehead atoms. The van der Waals surface area contributed by atoms with Crippen LogP contribution in [0.1, 0.15) is 30.0 Å². The van der Waals surface area contributed by atoms with Crippen molar-refractivity contribution in [2.75, 3.05) is 23.4 Å². The number of nitrogens with zero attached hydrogens (tertiary/aromatic N) is 1. The minimum Gasteiger partial charge on any atom is -0.455 e. The summed E-state index contributed by atoms with van der Waals surface area (Å²) in [5.41, 5.74) is 4.59. The Labute approximate surface area is 184 Å². The molecule has 2 aromatic rings. The number of amides is 2. The van der Waals surface area contributed by atoms with Gasteiger partial charge in [0.25, 0.3) is 5.91 Å². The van der Waals surface area contributed by atoms with Gasteiger partial charge < -0.3 is 15.0 Å². The first-order chi connectivity index (χ1) is 14.3. The zero-order chi connectivity index (χ0) is 21.8. The summed E-state index contributed by atoms with van der Waals surface area (Å²) in [5, 5.41) is 2.78. The molecule has 0 spiro atoms. The lowest BCUT2D eigenvalue weighted by atomic mass is 10.1. The van der Waals surface area contributed by atoms with Gasteiger partial charge >= 0.3 is 5.97 Å². The van der Waals surface area contributed by atoms with Crippen LogP contribution in [0.4, 0.5) is 11.4 Å². The first-order valence-electron chi connectivity index (χ1n) is 9.91. The lowest BCUT2D eigenvalue weighted by Crippen LogP contribution is -2.28. The standard InChI is InChI=1S/C23H25BrN2O4/c1-4-16-10-18(24)8-9-19(16)25-21(27)13-30-23(29)17-11-22(28)26(12-17)20-7-5-6-14(2)15(20)3/h5-10,17H,4,11-13H2,1-3H3,(H,25,27)/t17-/m1/s1. The van der Waals surface area contributed by atoms with Gasteiger partial charge in [0.1, 0.15) is 0 Å². The molecule has 0 aromatic heterocycles. The van der Waals surface area contributed by atoms with Crippen molar-refractivity contribution in [3.63, 3.8) is 0 Å². The number of carbonyl (C=O) groups excluding carboxylic acids is 3. The predicted octanol–water partition coefficient (Wildman–Crippen LogP) is 4.16. The van der Waals surface area contributed by atoms with Crippen molar-refractivity contribution in [3.8, 4) is 0 Å². The molecule has 0 saturated carbocycles. The van der Waals surface area contributed by atoms with Gasteiger partial charge in [0.05, 0.1) is 5.92 Å². The quantitative estimate of drug-likeness (QED) is 0.640. The molecule has 2 aromatic carbocycles. The van der Waals surface area contributed by atoms with Gasteiger partial charge in [0.2, 0.25) is 5.91 Å². The molecular formula is C23H25BrN2O4. The average molecular weight is 473 g/mol. The minimum atomic E-state index is -0.580. The third-order valence-electron chi connectivity index (χ3n) is 5.39. The molecule has 1 N–H and O–H groups in total. The van der Waals surface area contributed by atoms with E-state index < -0.39 is 17.8 Å². The molecule has 6 nitrogen and oxygen atoms in total. The van der Waals surface area contributed by atoms with Gasteiger partial charge in [-0.15, -0.1) is 0 Å². The second-order valence-corrected chi connectivity index (χ2v) is 8.35. The van der Waals surface area contributed by atoms with Gasteiger partial charge in [-0.25, -0.2) is 0 Å². The minimum absolute atomic E-state index is 0.0839. The second-order valence-electron chi connectivity index (χ2n) is 7.44. The van der Waals surface area contributed by atoms with Gasteiger partial charge in [-0.05, 0) is 61.2 Å². The zero-order valence-corrected chi connectivity index (χ0v) is 18.9. The summed E-state index contributed by atoms with van der Waals surface area (Å²) in [6.07, 6.45) is 0.841. The van der Waals surface area contributed by atoms with Crippen LogP contribution in [-0.2, 0) is 25.5 Å². The number of hydrogen-bond donors (Lipinski definition) is 1. The number of benzene rings is 2. The highest BCUT2D eigenvalue weighted by Crippen LogP contribution is 2.30. The van der Waals surface area contributed by atoms with Crippen LogP contribution < -0.4 is 10.2 Å². The van der Waals surface area contributed by atoms with Crippen molar-refractivity contribution in [2.45, 2.75) is 33.6 Å². The topological polar surface area (TPSA) is 75.7 Å². The summed E-state index contributed by atoms with van der Waals surface area (Å²) in [4.78, 5) is 38.8. The number of nitrogens with one attached hydrogen (secondary N) is 1. The third-order valence-corrected chi connectivity index (χ3v) is 5.89. The van der Waals surface area contributed by atoms with Crippen molar-refractivity contribution in [3.05, 3.63) is 57.6 Å². The van der Waals surface area contributed by atoms with Crippen molar-refractivity contribution >= 4 is 45.1 Å². The molecule has 1 atom stereocenters. The van der Waals surface area contributed by atoms with E-state index in [9.17, 15) is 14.4 Å². The molecular weight excluding hydrogens is 448 g/mol. The summed E-state index contributed by atoms with van der Waals surface area (Å²) in [5.74, 6) is -1.63. The van der Waals surface area contributed by atoms with Crippen molar-refractivity contribution in [1.29, 1.82) is 0 Å². The predicted molar refractivity (Wildman–Crippen MR) is 119 cm³/mol. The van der Waals surface area contributed by atoms with Crippen LogP contribution in [0.5, 0.6) is 0 Å². The van der Waals surface area contributed by atoms with Crippen LogP contribution in [-0.4, -0.2) is 30.9 Å². The van der Waals surface area contributed by atoms with Crippen LogP contribution in [0.15, 0.2) is 40.9 Å². The highest BCUT2D eigenvalue weighted by atomic mass is 79.9. The number of hydrogen-bond acceptors (Lipinski definition) is 4. The van der Waals surface area contributed by atoms with E-state index in [1.54, 1.807) is 11.0 Å². The average Bonchev–Trinajstić information content (AvgIpc) is 3.11. The highest BCUT2D eigenvalue weighted by Gasteiger charge is 2.37. The van der Waals surface area contributed by atoms with E-state index in [1.807, 2.05) is 51.1 Å². The third kappa shape index (κ3) is 4.90. The van der Waals surface area contributed by atoms with Crippen LogP contribution in [0.25, 0.3) is 0 Å². The molecule has 158 valence electrons. The van der Waals surface area contributed by atoms with Gasteiger partial charge in [-0.3, -0.25) is 14.4 Å². The van der Waals surface area contributed by atoms with Crippen molar-refractivity contribution in [2.24, 2.45) is 5.92 Å². The summed E-state index contributed by atoms with van der Waals surface area (Å²) < 4.78 is 6.14. The molecule has 7 heteroatoms. The molecule has 30 heavy (non-hydrogen) atoms. The molecule has 0 unspecified atom stereocenters. The summed E-state index contributed by atoms with van der Waals surface area (Å²) in [7, 11) is 0. The van der Waals surface area contributed by atoms with Gasteiger partial charge in [-0.2, -0.15) is 0 Å². The Balaban J connectivity index is 1.57. The highest BCUT2D eigenvalue weighted by molar-refractivity contribution is 9.10. The van der Waals surface area contributed by atoms with Crippen LogP contribution in [0.3, 0.4) is 0 Å². The van der Waals surface area contributed by atoms with E-state index in [0.29, 0.717) is 5.69 Å². The molecule has 3 rings (SSSR count). The Morgan fingerprint density at radius 1 is 1.23 bits per heavy atom. The van der Waals surface area contributed by atoms with Crippen LogP contribution in [0.2, 0.25) is 0 Å². The first-order valence-corrected chi connectivity index (χ1v) is 10.7. The fourth-order valence-corrected chi connectivity index (χ4v) is 3.95. The van der Waals surface area contributed by atoms with E-state index in [4.69, 9.17) is 4.74 Å². The summed E-state index contributed by atoms with van der Waals surface area (Å²) >= 11 is 3.41. The summed E-state index contributed by atoms with van der Waals surface area (Å²) in [6.45, 7) is 5.82. The van der Waals surface area contributed by atoms with Crippen LogP contribution in [0, 0.1) is 19.8 Å². The van der Waals surface area contributed by atoms with Gasteiger partial charge in [0.15, 0.2) is 6.61 Å². The number of anilines is 2. The Kier molecular flexibility index (Phi) is 6.92.